The third kappa shape index (κ3) is 7.13. The van der Waals surface area contributed by atoms with E-state index in [9.17, 15) is 4.79 Å². The van der Waals surface area contributed by atoms with E-state index in [0.29, 0.717) is 31.3 Å². The molecule has 0 radical (unpaired) electrons. The van der Waals surface area contributed by atoms with E-state index in [1.54, 1.807) is 11.0 Å². The molecule has 6 nitrogen and oxygen atoms in total. The maximum absolute atomic E-state index is 12.3. The normalized spacial score (nSPS) is 17.3. The first-order valence-electron chi connectivity index (χ1n) is 9.09. The second-order valence-corrected chi connectivity index (χ2v) is 6.93. The van der Waals surface area contributed by atoms with Gasteiger partial charge in [-0.25, -0.2) is 9.67 Å². The van der Waals surface area contributed by atoms with Crippen LogP contribution in [0, 0.1) is 11.8 Å². The first kappa shape index (κ1) is 23.4. The summed E-state index contributed by atoms with van der Waals surface area (Å²) in [4.78, 5) is 16.3. The summed E-state index contributed by atoms with van der Waals surface area (Å²) in [5, 5.41) is 10.7. The van der Waals surface area contributed by atoms with Gasteiger partial charge < -0.3 is 10.6 Å². The Kier molecular flexibility index (Phi) is 10.4. The Labute approximate surface area is 173 Å². The van der Waals surface area contributed by atoms with Crippen LogP contribution in [0.25, 0.3) is 0 Å². The lowest BCUT2D eigenvalue weighted by atomic mass is 9.85. The molecule has 150 valence electrons. The Balaban J connectivity index is 0.00000182. The Bertz CT molecular complexity index is 674. The van der Waals surface area contributed by atoms with Crippen LogP contribution in [0.3, 0.4) is 0 Å². The summed E-state index contributed by atoms with van der Waals surface area (Å²) in [6.45, 7) is 5.55. The third-order valence-corrected chi connectivity index (χ3v) is 5.04. The number of piperidine rings is 1. The van der Waals surface area contributed by atoms with E-state index in [2.05, 4.69) is 39.8 Å². The summed E-state index contributed by atoms with van der Waals surface area (Å²) >= 11 is 0. The van der Waals surface area contributed by atoms with Gasteiger partial charge in [0.25, 0.3) is 0 Å². The van der Waals surface area contributed by atoms with E-state index in [-0.39, 0.29) is 30.7 Å². The van der Waals surface area contributed by atoms with E-state index >= 15 is 0 Å². The molecule has 1 aliphatic heterocycles. The second kappa shape index (κ2) is 12.0. The molecule has 1 aliphatic rings. The van der Waals surface area contributed by atoms with Gasteiger partial charge in [0.2, 0.25) is 5.91 Å². The predicted molar refractivity (Wildman–Crippen MR) is 111 cm³/mol. The van der Waals surface area contributed by atoms with Gasteiger partial charge in [-0.2, -0.15) is 5.10 Å². The van der Waals surface area contributed by atoms with Crippen LogP contribution in [-0.2, 0) is 17.9 Å². The topological polar surface area (TPSA) is 71.8 Å². The molecule has 2 atom stereocenters. The van der Waals surface area contributed by atoms with Crippen LogP contribution in [0.1, 0.15) is 37.3 Å². The molecule has 27 heavy (non-hydrogen) atoms. The highest BCUT2D eigenvalue weighted by molar-refractivity contribution is 5.85. The summed E-state index contributed by atoms with van der Waals surface area (Å²) in [5.74, 6) is 1.16. The predicted octanol–water partition coefficient (Wildman–Crippen LogP) is 2.81. The van der Waals surface area contributed by atoms with Gasteiger partial charge in [0.1, 0.15) is 12.7 Å². The molecule has 3 rings (SSSR count). The highest BCUT2D eigenvalue weighted by Crippen LogP contribution is 2.22. The van der Waals surface area contributed by atoms with Gasteiger partial charge in [-0.05, 0) is 48.9 Å². The SMILES string of the molecule is CC(CC(=O)NCc1ccccc1Cn1cncn1)C1CCCNC1.Cl.Cl. The fourth-order valence-electron chi connectivity index (χ4n) is 3.46. The van der Waals surface area contributed by atoms with Crippen molar-refractivity contribution in [2.45, 2.75) is 39.3 Å². The molecule has 0 spiro atoms. The number of benzene rings is 1. The van der Waals surface area contributed by atoms with Crippen LogP contribution in [0.2, 0.25) is 0 Å². The molecule has 2 unspecified atom stereocenters. The Hall–Kier alpha value is -1.63. The number of amides is 1. The number of rotatable bonds is 7. The average molecular weight is 414 g/mol. The molecule has 2 heterocycles. The second-order valence-electron chi connectivity index (χ2n) is 6.93. The van der Waals surface area contributed by atoms with Crippen molar-refractivity contribution < 1.29 is 4.79 Å². The minimum Gasteiger partial charge on any atom is -0.352 e. The van der Waals surface area contributed by atoms with Gasteiger partial charge in [-0.3, -0.25) is 4.79 Å². The van der Waals surface area contributed by atoms with Crippen molar-refractivity contribution in [1.82, 2.24) is 25.4 Å². The first-order valence-corrected chi connectivity index (χ1v) is 9.09. The molecule has 1 saturated heterocycles. The minimum atomic E-state index is 0. The Morgan fingerprint density at radius 2 is 2.11 bits per heavy atom. The standard InChI is InChI=1S/C19H27N5O.2ClH/c1-15(16-7-4-8-20-10-16)9-19(25)22-11-17-5-2-3-6-18(17)12-24-14-21-13-23-24;;/h2-3,5-6,13-16,20H,4,7-12H2,1H3,(H,22,25);2*1H. The Morgan fingerprint density at radius 3 is 2.78 bits per heavy atom. The van der Waals surface area contributed by atoms with Crippen molar-refractivity contribution in [3.63, 3.8) is 0 Å². The van der Waals surface area contributed by atoms with Crippen molar-refractivity contribution in [3.05, 3.63) is 48.0 Å². The molecule has 2 aromatic rings. The maximum Gasteiger partial charge on any atom is 0.220 e. The quantitative estimate of drug-likeness (QED) is 0.731. The van der Waals surface area contributed by atoms with Crippen molar-refractivity contribution in [2.24, 2.45) is 11.8 Å². The highest BCUT2D eigenvalue weighted by Gasteiger charge is 2.21. The molecule has 1 fully saturated rings. The largest absolute Gasteiger partial charge is 0.352 e. The van der Waals surface area contributed by atoms with Crippen molar-refractivity contribution in [1.29, 1.82) is 0 Å². The molecule has 0 saturated carbocycles. The first-order chi connectivity index (χ1) is 12.2. The van der Waals surface area contributed by atoms with Crippen LogP contribution in [0.4, 0.5) is 0 Å². The molecule has 1 amide bonds. The fraction of sp³-hybridized carbons (Fsp3) is 0.526. The minimum absolute atomic E-state index is 0. The lowest BCUT2D eigenvalue weighted by molar-refractivity contribution is -0.122. The number of halogens is 2. The zero-order valence-corrected chi connectivity index (χ0v) is 17.3. The van der Waals surface area contributed by atoms with Gasteiger partial charge in [0.15, 0.2) is 0 Å². The Morgan fingerprint density at radius 1 is 1.33 bits per heavy atom. The van der Waals surface area contributed by atoms with Crippen LogP contribution in [0.15, 0.2) is 36.9 Å². The van der Waals surface area contributed by atoms with Crippen molar-refractivity contribution in [3.8, 4) is 0 Å². The molecule has 8 heteroatoms. The smallest absolute Gasteiger partial charge is 0.220 e. The van der Waals surface area contributed by atoms with Crippen LogP contribution in [-0.4, -0.2) is 33.8 Å². The number of carbonyl (C=O) groups is 1. The molecule has 2 N–H and O–H groups in total. The van der Waals surface area contributed by atoms with Gasteiger partial charge in [0, 0.05) is 13.0 Å². The number of carbonyl (C=O) groups excluding carboxylic acids is 1. The van der Waals surface area contributed by atoms with Crippen LogP contribution < -0.4 is 10.6 Å². The maximum atomic E-state index is 12.3. The molecule has 0 bridgehead atoms. The van der Waals surface area contributed by atoms with Gasteiger partial charge in [0.05, 0.1) is 6.54 Å². The number of hydrogen-bond acceptors (Lipinski definition) is 4. The summed E-state index contributed by atoms with van der Waals surface area (Å²) in [5.41, 5.74) is 2.27. The monoisotopic (exact) mass is 413 g/mol. The van der Waals surface area contributed by atoms with E-state index in [1.165, 1.54) is 19.2 Å². The van der Waals surface area contributed by atoms with Gasteiger partial charge >= 0.3 is 0 Å². The summed E-state index contributed by atoms with van der Waals surface area (Å²) in [7, 11) is 0. The molecular weight excluding hydrogens is 385 g/mol. The fourth-order valence-corrected chi connectivity index (χ4v) is 3.46. The van der Waals surface area contributed by atoms with E-state index in [0.717, 1.165) is 24.2 Å². The van der Waals surface area contributed by atoms with Crippen LogP contribution in [0.5, 0.6) is 0 Å². The molecular formula is C19H29Cl2N5O. The van der Waals surface area contributed by atoms with E-state index in [1.807, 2.05) is 12.1 Å². The molecule has 1 aromatic heterocycles. The summed E-state index contributed by atoms with van der Waals surface area (Å²) in [6.07, 6.45) is 6.27. The number of nitrogens with one attached hydrogen (secondary N) is 2. The summed E-state index contributed by atoms with van der Waals surface area (Å²) < 4.78 is 1.79. The number of nitrogens with zero attached hydrogens (tertiary/aromatic N) is 3. The van der Waals surface area contributed by atoms with Gasteiger partial charge in [-0.15, -0.1) is 24.8 Å². The number of aromatic nitrogens is 3. The summed E-state index contributed by atoms with van der Waals surface area (Å²) in [6, 6.07) is 8.14. The third-order valence-electron chi connectivity index (χ3n) is 5.04. The lowest BCUT2D eigenvalue weighted by Gasteiger charge is -2.28. The highest BCUT2D eigenvalue weighted by atomic mass is 35.5. The van der Waals surface area contributed by atoms with Crippen molar-refractivity contribution in [2.75, 3.05) is 13.1 Å². The zero-order chi connectivity index (χ0) is 17.5. The lowest BCUT2D eigenvalue weighted by Crippen LogP contribution is -2.35. The van der Waals surface area contributed by atoms with E-state index in [4.69, 9.17) is 0 Å². The molecule has 1 aromatic carbocycles. The van der Waals surface area contributed by atoms with Crippen LogP contribution >= 0.6 is 24.8 Å². The zero-order valence-electron chi connectivity index (χ0n) is 15.6. The molecule has 0 aliphatic carbocycles. The van der Waals surface area contributed by atoms with Gasteiger partial charge in [-0.1, -0.05) is 31.2 Å². The number of hydrogen-bond donors (Lipinski definition) is 2. The van der Waals surface area contributed by atoms with Crippen molar-refractivity contribution >= 4 is 30.7 Å². The van der Waals surface area contributed by atoms with E-state index < -0.39 is 0 Å². The average Bonchev–Trinajstić information content (AvgIpc) is 3.15.